The third-order valence-electron chi connectivity index (χ3n) is 2.33. The molecule has 2 rings (SSSR count). The Morgan fingerprint density at radius 3 is 2.63 bits per heavy atom. The summed E-state index contributed by atoms with van der Waals surface area (Å²) in [5.74, 6) is 1.24. The first-order valence-electron chi connectivity index (χ1n) is 5.63. The van der Waals surface area contributed by atoms with E-state index in [9.17, 15) is 4.39 Å². The van der Waals surface area contributed by atoms with Gasteiger partial charge >= 0.3 is 0 Å². The summed E-state index contributed by atoms with van der Waals surface area (Å²) in [6.45, 7) is 0.370. The summed E-state index contributed by atoms with van der Waals surface area (Å²) >= 11 is 5.83. The van der Waals surface area contributed by atoms with Crippen LogP contribution in [-0.4, -0.2) is 23.7 Å². The second kappa shape index (κ2) is 6.33. The highest BCUT2D eigenvalue weighted by atomic mass is 35.5. The van der Waals surface area contributed by atoms with Crippen LogP contribution in [-0.2, 0) is 6.42 Å². The van der Waals surface area contributed by atoms with E-state index < -0.39 is 0 Å². The highest BCUT2D eigenvalue weighted by molar-refractivity contribution is 6.29. The molecule has 1 aromatic carbocycles. The van der Waals surface area contributed by atoms with Gasteiger partial charge in [-0.1, -0.05) is 11.6 Å². The Hall–Kier alpha value is -1.88. The van der Waals surface area contributed by atoms with Crippen molar-refractivity contribution >= 4 is 11.6 Å². The summed E-state index contributed by atoms with van der Waals surface area (Å²) < 4.78 is 23.1. The molecule has 0 saturated heterocycles. The van der Waals surface area contributed by atoms with Crippen molar-refractivity contribution in [1.29, 1.82) is 0 Å². The van der Waals surface area contributed by atoms with E-state index in [1.165, 1.54) is 25.3 Å². The van der Waals surface area contributed by atoms with E-state index in [2.05, 4.69) is 9.97 Å². The molecule has 2 aromatic rings. The lowest BCUT2D eigenvalue weighted by molar-refractivity contribution is 0.317. The van der Waals surface area contributed by atoms with E-state index in [0.717, 1.165) is 0 Å². The van der Waals surface area contributed by atoms with Crippen LogP contribution in [0.4, 0.5) is 4.39 Å². The minimum absolute atomic E-state index is 0.296. The molecule has 0 amide bonds. The van der Waals surface area contributed by atoms with E-state index in [1.54, 1.807) is 12.1 Å². The predicted octanol–water partition coefficient (Wildman–Crippen LogP) is 2.90. The smallest absolute Gasteiger partial charge is 0.217 e. The topological polar surface area (TPSA) is 44.2 Å². The molecule has 1 heterocycles. The third-order valence-corrected chi connectivity index (χ3v) is 2.53. The van der Waals surface area contributed by atoms with Gasteiger partial charge in [-0.15, -0.1) is 0 Å². The van der Waals surface area contributed by atoms with E-state index >= 15 is 0 Å². The van der Waals surface area contributed by atoms with Crippen molar-refractivity contribution < 1.29 is 13.9 Å². The van der Waals surface area contributed by atoms with E-state index in [1.807, 2.05) is 0 Å². The van der Waals surface area contributed by atoms with Gasteiger partial charge in [-0.05, 0) is 24.3 Å². The quantitative estimate of drug-likeness (QED) is 0.791. The molecule has 0 aliphatic carbocycles. The first-order valence-corrected chi connectivity index (χ1v) is 6.01. The van der Waals surface area contributed by atoms with Crippen LogP contribution in [0.25, 0.3) is 0 Å². The van der Waals surface area contributed by atoms with Crippen molar-refractivity contribution in [1.82, 2.24) is 9.97 Å². The molecule has 0 saturated carbocycles. The fourth-order valence-electron chi connectivity index (χ4n) is 1.45. The molecule has 0 fully saturated rings. The van der Waals surface area contributed by atoms with Crippen LogP contribution in [0, 0.1) is 5.82 Å². The molecular formula is C13H12ClFN2O2. The van der Waals surface area contributed by atoms with Crippen LogP contribution in [0.15, 0.2) is 30.3 Å². The number of hydrogen-bond donors (Lipinski definition) is 0. The highest BCUT2D eigenvalue weighted by Gasteiger charge is 2.04. The molecular weight excluding hydrogens is 271 g/mol. The molecule has 6 heteroatoms. The summed E-state index contributed by atoms with van der Waals surface area (Å²) in [5, 5.41) is 0.323. The maximum Gasteiger partial charge on any atom is 0.217 e. The first kappa shape index (κ1) is 13.5. The Morgan fingerprint density at radius 1 is 1.21 bits per heavy atom. The van der Waals surface area contributed by atoms with Crippen LogP contribution in [0.5, 0.6) is 11.6 Å². The predicted molar refractivity (Wildman–Crippen MR) is 69.2 cm³/mol. The summed E-state index contributed by atoms with van der Waals surface area (Å²) in [5.41, 5.74) is 0. The first-order chi connectivity index (χ1) is 9.17. The van der Waals surface area contributed by atoms with E-state index in [-0.39, 0.29) is 5.82 Å². The normalized spacial score (nSPS) is 10.3. The second-order valence-electron chi connectivity index (χ2n) is 3.70. The molecule has 100 valence electrons. The Kier molecular flexibility index (Phi) is 4.52. The molecule has 0 bridgehead atoms. The van der Waals surface area contributed by atoms with Gasteiger partial charge in [0.05, 0.1) is 13.7 Å². The zero-order valence-electron chi connectivity index (χ0n) is 10.3. The minimum atomic E-state index is -0.296. The largest absolute Gasteiger partial charge is 0.493 e. The summed E-state index contributed by atoms with van der Waals surface area (Å²) in [6, 6.07) is 7.35. The molecule has 19 heavy (non-hydrogen) atoms. The van der Waals surface area contributed by atoms with Crippen molar-refractivity contribution in [2.45, 2.75) is 6.42 Å². The fourth-order valence-corrected chi connectivity index (χ4v) is 1.64. The summed E-state index contributed by atoms with van der Waals surface area (Å²) in [7, 11) is 1.51. The van der Waals surface area contributed by atoms with Gasteiger partial charge in [0.2, 0.25) is 5.88 Å². The molecule has 0 atom stereocenters. The Morgan fingerprint density at radius 2 is 1.95 bits per heavy atom. The number of benzene rings is 1. The van der Waals surface area contributed by atoms with Crippen molar-refractivity contribution in [3.05, 3.63) is 47.1 Å². The average molecular weight is 283 g/mol. The van der Waals surface area contributed by atoms with Crippen molar-refractivity contribution in [2.24, 2.45) is 0 Å². The molecule has 0 radical (unpaired) electrons. The average Bonchev–Trinajstić information content (AvgIpc) is 2.40. The number of halogens is 2. The molecule has 0 aliphatic rings. The number of methoxy groups -OCH3 is 1. The lowest BCUT2D eigenvalue weighted by Gasteiger charge is -2.06. The minimum Gasteiger partial charge on any atom is -0.493 e. The van der Waals surface area contributed by atoms with E-state index in [4.69, 9.17) is 21.1 Å². The molecule has 0 unspecified atom stereocenters. The van der Waals surface area contributed by atoms with Crippen molar-refractivity contribution in [2.75, 3.05) is 13.7 Å². The maximum absolute atomic E-state index is 12.7. The van der Waals surface area contributed by atoms with Crippen LogP contribution < -0.4 is 9.47 Å². The fraction of sp³-hybridized carbons (Fsp3) is 0.231. The van der Waals surface area contributed by atoms with Gasteiger partial charge in [0.15, 0.2) is 0 Å². The Bertz CT molecular complexity index is 549. The van der Waals surface area contributed by atoms with Gasteiger partial charge in [-0.25, -0.2) is 9.37 Å². The Labute approximate surface area is 115 Å². The lowest BCUT2D eigenvalue weighted by Crippen LogP contribution is -2.06. The monoisotopic (exact) mass is 282 g/mol. The van der Waals surface area contributed by atoms with Crippen LogP contribution in [0.3, 0.4) is 0 Å². The highest BCUT2D eigenvalue weighted by Crippen LogP contribution is 2.14. The number of nitrogens with zero attached hydrogens (tertiary/aromatic N) is 2. The van der Waals surface area contributed by atoms with Crippen LogP contribution in [0.1, 0.15) is 5.82 Å². The maximum atomic E-state index is 12.7. The number of hydrogen-bond acceptors (Lipinski definition) is 4. The van der Waals surface area contributed by atoms with Gasteiger partial charge in [0.25, 0.3) is 0 Å². The zero-order chi connectivity index (χ0) is 13.7. The van der Waals surface area contributed by atoms with Gasteiger partial charge in [-0.2, -0.15) is 4.98 Å². The van der Waals surface area contributed by atoms with Crippen LogP contribution in [0.2, 0.25) is 5.15 Å². The standard InChI is InChI=1S/C13H12ClFN2O2/c1-18-13-8-11(14)16-12(17-13)6-7-19-10-4-2-9(15)3-5-10/h2-5,8H,6-7H2,1H3. The number of rotatable bonds is 5. The van der Waals surface area contributed by atoms with E-state index in [0.29, 0.717) is 35.6 Å². The molecule has 4 nitrogen and oxygen atoms in total. The molecule has 0 N–H and O–H groups in total. The zero-order valence-corrected chi connectivity index (χ0v) is 11.0. The number of aromatic nitrogens is 2. The number of ether oxygens (including phenoxy) is 2. The van der Waals surface area contributed by atoms with Gasteiger partial charge < -0.3 is 9.47 Å². The Balaban J connectivity index is 1.92. The SMILES string of the molecule is COc1cc(Cl)nc(CCOc2ccc(F)cc2)n1. The van der Waals surface area contributed by atoms with Crippen LogP contribution >= 0.6 is 11.6 Å². The molecule has 0 aliphatic heterocycles. The van der Waals surface area contributed by atoms with Gasteiger partial charge in [0, 0.05) is 12.5 Å². The second-order valence-corrected chi connectivity index (χ2v) is 4.09. The lowest BCUT2D eigenvalue weighted by atomic mass is 10.3. The summed E-state index contributed by atoms with van der Waals surface area (Å²) in [4.78, 5) is 8.20. The molecule has 0 spiro atoms. The summed E-state index contributed by atoms with van der Waals surface area (Å²) in [6.07, 6.45) is 0.480. The van der Waals surface area contributed by atoms with Gasteiger partial charge in [0.1, 0.15) is 22.5 Å². The van der Waals surface area contributed by atoms with Gasteiger partial charge in [-0.3, -0.25) is 0 Å². The van der Waals surface area contributed by atoms with Crippen molar-refractivity contribution in [3.8, 4) is 11.6 Å². The molecule has 1 aromatic heterocycles. The third kappa shape index (κ3) is 4.06. The van der Waals surface area contributed by atoms with Crippen molar-refractivity contribution in [3.63, 3.8) is 0 Å².